The summed E-state index contributed by atoms with van der Waals surface area (Å²) >= 11 is 6.14. The highest BCUT2D eigenvalue weighted by Gasteiger charge is 2.41. The van der Waals surface area contributed by atoms with Gasteiger partial charge in [0, 0.05) is 31.5 Å². The zero-order valence-corrected chi connectivity index (χ0v) is 12.2. The molecule has 104 valence electrons. The van der Waals surface area contributed by atoms with Crippen LogP contribution in [0.4, 0.5) is 0 Å². The average Bonchev–Trinajstić information content (AvgIpc) is 3.18. The van der Waals surface area contributed by atoms with Gasteiger partial charge in [-0.1, -0.05) is 11.6 Å². The van der Waals surface area contributed by atoms with Crippen molar-refractivity contribution in [3.63, 3.8) is 0 Å². The Balaban J connectivity index is 1.78. The van der Waals surface area contributed by atoms with Gasteiger partial charge in [-0.3, -0.25) is 9.88 Å². The number of halogens is 1. The van der Waals surface area contributed by atoms with E-state index in [-0.39, 0.29) is 11.8 Å². The third-order valence-electron chi connectivity index (χ3n) is 3.98. The second-order valence-corrected chi connectivity index (χ2v) is 8.09. The van der Waals surface area contributed by atoms with Crippen LogP contribution in [0, 0.1) is 5.92 Å². The molecule has 1 saturated heterocycles. The summed E-state index contributed by atoms with van der Waals surface area (Å²) in [4.78, 5) is 6.26. The van der Waals surface area contributed by atoms with E-state index in [9.17, 15) is 8.42 Å². The van der Waals surface area contributed by atoms with Gasteiger partial charge in [-0.2, -0.15) is 0 Å². The number of rotatable bonds is 3. The van der Waals surface area contributed by atoms with Crippen molar-refractivity contribution in [3.05, 3.63) is 29.0 Å². The van der Waals surface area contributed by atoms with Gasteiger partial charge in [0.25, 0.3) is 0 Å². The molecule has 0 amide bonds. The van der Waals surface area contributed by atoms with E-state index < -0.39 is 9.84 Å². The molecule has 3 rings (SSSR count). The van der Waals surface area contributed by atoms with Crippen LogP contribution in [0.25, 0.3) is 0 Å². The Hall–Kier alpha value is -0.650. The second-order valence-electron chi connectivity index (χ2n) is 5.46. The quantitative estimate of drug-likeness (QED) is 0.853. The molecular formula is C13H17ClN2O2S. The molecule has 2 fully saturated rings. The van der Waals surface area contributed by atoms with Crippen LogP contribution in [0.2, 0.25) is 5.02 Å². The highest BCUT2D eigenvalue weighted by molar-refractivity contribution is 7.91. The number of aromatic nitrogens is 1. The van der Waals surface area contributed by atoms with Crippen LogP contribution in [-0.4, -0.2) is 42.4 Å². The Morgan fingerprint density at radius 3 is 2.89 bits per heavy atom. The lowest BCUT2D eigenvalue weighted by molar-refractivity contribution is 0.185. The van der Waals surface area contributed by atoms with E-state index in [0.717, 1.165) is 24.9 Å². The van der Waals surface area contributed by atoms with Crippen LogP contribution < -0.4 is 0 Å². The molecule has 2 aliphatic rings. The smallest absolute Gasteiger partial charge is 0.153 e. The summed E-state index contributed by atoms with van der Waals surface area (Å²) in [5, 5.41) is 0.658. The van der Waals surface area contributed by atoms with Gasteiger partial charge < -0.3 is 0 Å². The van der Waals surface area contributed by atoms with Crippen LogP contribution >= 0.6 is 11.6 Å². The lowest BCUT2D eigenvalue weighted by Crippen LogP contribution is -2.49. The van der Waals surface area contributed by atoms with Gasteiger partial charge in [-0.15, -0.1) is 0 Å². The number of nitrogens with zero attached hydrogens (tertiary/aromatic N) is 2. The predicted molar refractivity (Wildman–Crippen MR) is 74.8 cm³/mol. The molecule has 1 aromatic heterocycles. The van der Waals surface area contributed by atoms with E-state index in [4.69, 9.17) is 11.6 Å². The molecule has 0 spiro atoms. The fourth-order valence-electron chi connectivity index (χ4n) is 2.73. The van der Waals surface area contributed by atoms with Crippen molar-refractivity contribution in [3.8, 4) is 0 Å². The van der Waals surface area contributed by atoms with Gasteiger partial charge in [0.05, 0.1) is 16.5 Å². The van der Waals surface area contributed by atoms with Crippen molar-refractivity contribution in [2.24, 2.45) is 5.92 Å². The monoisotopic (exact) mass is 300 g/mol. The molecule has 1 aliphatic carbocycles. The molecule has 0 aromatic carbocycles. The normalized spacial score (nSPS) is 27.3. The lowest BCUT2D eigenvalue weighted by Gasteiger charge is -2.35. The summed E-state index contributed by atoms with van der Waals surface area (Å²) < 4.78 is 23.6. The van der Waals surface area contributed by atoms with Gasteiger partial charge in [0.1, 0.15) is 0 Å². The largest absolute Gasteiger partial charge is 0.294 e. The first-order valence-electron chi connectivity index (χ1n) is 6.58. The highest BCUT2D eigenvalue weighted by Crippen LogP contribution is 2.38. The maximum Gasteiger partial charge on any atom is 0.153 e. The van der Waals surface area contributed by atoms with Crippen LogP contribution in [0.1, 0.15) is 18.4 Å². The fourth-order valence-corrected chi connectivity index (χ4v) is 4.60. The third kappa shape index (κ3) is 3.09. The Bertz CT molecular complexity index is 572. The summed E-state index contributed by atoms with van der Waals surface area (Å²) in [6.45, 7) is 1.33. The third-order valence-corrected chi connectivity index (χ3v) is 5.97. The molecule has 1 saturated carbocycles. The summed E-state index contributed by atoms with van der Waals surface area (Å²) in [6, 6.07) is 2.08. The first kappa shape index (κ1) is 13.3. The van der Waals surface area contributed by atoms with E-state index >= 15 is 0 Å². The summed E-state index contributed by atoms with van der Waals surface area (Å²) in [7, 11) is -2.86. The Morgan fingerprint density at radius 1 is 1.42 bits per heavy atom. The van der Waals surface area contributed by atoms with Crippen LogP contribution in [0.5, 0.6) is 0 Å². The molecule has 1 unspecified atom stereocenters. The summed E-state index contributed by atoms with van der Waals surface area (Å²) in [5.74, 6) is 1.12. The Kier molecular flexibility index (Phi) is 3.53. The molecule has 6 heteroatoms. The van der Waals surface area contributed by atoms with Crippen molar-refractivity contribution >= 4 is 21.4 Å². The minimum atomic E-state index is -2.86. The Labute approximate surface area is 118 Å². The number of hydrogen-bond acceptors (Lipinski definition) is 4. The molecule has 1 aliphatic heterocycles. The van der Waals surface area contributed by atoms with E-state index in [0.29, 0.717) is 23.2 Å². The maximum atomic E-state index is 11.8. The summed E-state index contributed by atoms with van der Waals surface area (Å²) in [6.07, 6.45) is 5.68. The molecule has 0 N–H and O–H groups in total. The zero-order valence-electron chi connectivity index (χ0n) is 10.6. The molecule has 1 aromatic rings. The van der Waals surface area contributed by atoms with E-state index in [2.05, 4.69) is 9.88 Å². The van der Waals surface area contributed by atoms with Gasteiger partial charge >= 0.3 is 0 Å². The lowest BCUT2D eigenvalue weighted by atomic mass is 10.1. The molecule has 0 bridgehead atoms. The predicted octanol–water partition coefficient (Wildman–Crippen LogP) is 1.74. The molecule has 0 radical (unpaired) electrons. The topological polar surface area (TPSA) is 50.3 Å². The highest BCUT2D eigenvalue weighted by atomic mass is 35.5. The van der Waals surface area contributed by atoms with Gasteiger partial charge in [-0.05, 0) is 30.4 Å². The van der Waals surface area contributed by atoms with E-state index in [1.807, 2.05) is 6.07 Å². The maximum absolute atomic E-state index is 11.8. The zero-order chi connectivity index (χ0) is 13.5. The number of pyridine rings is 1. The Morgan fingerprint density at radius 2 is 2.21 bits per heavy atom. The SMILES string of the molecule is O=S1(=O)CCN(Cc2ccncc2Cl)C(C2CC2)C1. The molecule has 1 atom stereocenters. The van der Waals surface area contributed by atoms with E-state index in [1.54, 1.807) is 12.4 Å². The molecule has 19 heavy (non-hydrogen) atoms. The van der Waals surface area contributed by atoms with Crippen molar-refractivity contribution in [2.45, 2.75) is 25.4 Å². The van der Waals surface area contributed by atoms with Gasteiger partial charge in [0.15, 0.2) is 9.84 Å². The van der Waals surface area contributed by atoms with Crippen molar-refractivity contribution in [2.75, 3.05) is 18.1 Å². The minimum absolute atomic E-state index is 0.169. The molecule has 4 nitrogen and oxygen atoms in total. The van der Waals surface area contributed by atoms with Gasteiger partial charge in [-0.25, -0.2) is 8.42 Å². The van der Waals surface area contributed by atoms with E-state index in [1.165, 1.54) is 0 Å². The standard InChI is InChI=1S/C13H17ClN2O2S/c14-12-7-15-4-3-11(12)8-16-5-6-19(17,18)9-13(16)10-1-2-10/h3-4,7,10,13H,1-2,5-6,8-9H2. The molecular weight excluding hydrogens is 284 g/mol. The average molecular weight is 301 g/mol. The van der Waals surface area contributed by atoms with Crippen molar-refractivity contribution in [1.29, 1.82) is 0 Å². The minimum Gasteiger partial charge on any atom is -0.294 e. The van der Waals surface area contributed by atoms with Crippen LogP contribution in [-0.2, 0) is 16.4 Å². The first-order valence-corrected chi connectivity index (χ1v) is 8.78. The van der Waals surface area contributed by atoms with Crippen LogP contribution in [0.3, 0.4) is 0 Å². The van der Waals surface area contributed by atoms with Gasteiger partial charge in [0.2, 0.25) is 0 Å². The number of hydrogen-bond donors (Lipinski definition) is 0. The van der Waals surface area contributed by atoms with Crippen molar-refractivity contribution in [1.82, 2.24) is 9.88 Å². The first-order chi connectivity index (χ1) is 9.05. The van der Waals surface area contributed by atoms with Crippen molar-refractivity contribution < 1.29 is 8.42 Å². The summed E-state index contributed by atoms with van der Waals surface area (Å²) in [5.41, 5.74) is 1.03. The number of sulfone groups is 1. The van der Waals surface area contributed by atoms with Crippen LogP contribution in [0.15, 0.2) is 18.5 Å². The second kappa shape index (κ2) is 5.04. The fraction of sp³-hybridized carbons (Fsp3) is 0.615. The molecule has 2 heterocycles.